The van der Waals surface area contributed by atoms with Gasteiger partial charge in [-0.15, -0.1) is 0 Å². The van der Waals surface area contributed by atoms with Crippen LogP contribution < -0.4 is 20.5 Å². The van der Waals surface area contributed by atoms with E-state index in [2.05, 4.69) is 27.3 Å². The molecule has 1 amide bonds. The monoisotopic (exact) mass is 354 g/mol. The highest BCUT2D eigenvalue weighted by molar-refractivity contribution is 9.10. The van der Waals surface area contributed by atoms with Crippen molar-refractivity contribution in [3.63, 3.8) is 0 Å². The van der Waals surface area contributed by atoms with E-state index in [1.54, 1.807) is 0 Å². The van der Waals surface area contributed by atoms with E-state index >= 15 is 0 Å². The lowest BCUT2D eigenvalue weighted by Gasteiger charge is -2.27. The molecule has 3 N–H and O–H groups in total. The maximum Gasteiger partial charge on any atom is 0.231 e. The molecule has 1 fully saturated rings. The Labute approximate surface area is 132 Å². The van der Waals surface area contributed by atoms with Gasteiger partial charge >= 0.3 is 0 Å². The summed E-state index contributed by atoms with van der Waals surface area (Å²) in [5.74, 6) is 1.47. The highest BCUT2D eigenvalue weighted by Crippen LogP contribution is 2.40. The third kappa shape index (κ3) is 3.32. The van der Waals surface area contributed by atoms with Gasteiger partial charge < -0.3 is 20.5 Å². The average molecular weight is 355 g/mol. The van der Waals surface area contributed by atoms with E-state index < -0.39 is 0 Å². The van der Waals surface area contributed by atoms with Crippen molar-refractivity contribution in [1.29, 1.82) is 0 Å². The molecular formula is C15H19BrN2O3. The molecule has 1 aromatic rings. The van der Waals surface area contributed by atoms with Crippen molar-refractivity contribution in [3.8, 4) is 11.5 Å². The number of fused-ring (bicyclic) bond motifs is 1. The highest BCUT2D eigenvalue weighted by atomic mass is 79.9. The van der Waals surface area contributed by atoms with E-state index in [4.69, 9.17) is 15.2 Å². The van der Waals surface area contributed by atoms with Crippen LogP contribution in [-0.4, -0.2) is 18.7 Å². The third-order valence-electron chi connectivity index (χ3n) is 4.21. The van der Waals surface area contributed by atoms with E-state index in [1.165, 1.54) is 0 Å². The van der Waals surface area contributed by atoms with Crippen molar-refractivity contribution in [1.82, 2.24) is 5.32 Å². The molecule has 0 saturated heterocycles. The highest BCUT2D eigenvalue weighted by Gasteiger charge is 2.24. The zero-order valence-electron chi connectivity index (χ0n) is 11.7. The summed E-state index contributed by atoms with van der Waals surface area (Å²) in [5, 5.41) is 3.55. The Balaban J connectivity index is 1.54. The van der Waals surface area contributed by atoms with Gasteiger partial charge in [-0.25, -0.2) is 0 Å². The second-order valence-corrected chi connectivity index (χ2v) is 6.50. The standard InChI is InChI=1S/C15H19BrN2O3/c16-12-5-9(6-13-14(12)21-8-20-13)7-18-11-3-1-10(2-4-11)15(17)19/h5-6,10-11,18H,1-4,7-8H2,(H2,17,19). The summed E-state index contributed by atoms with van der Waals surface area (Å²) >= 11 is 3.50. The van der Waals surface area contributed by atoms with Crippen LogP contribution >= 0.6 is 15.9 Å². The van der Waals surface area contributed by atoms with Gasteiger partial charge in [0, 0.05) is 18.5 Å². The number of amides is 1. The maximum atomic E-state index is 11.2. The molecule has 1 aliphatic heterocycles. The molecule has 0 spiro atoms. The molecule has 0 bridgehead atoms. The molecule has 1 heterocycles. The Hall–Kier alpha value is -1.27. The van der Waals surface area contributed by atoms with Gasteiger partial charge in [0.05, 0.1) is 4.47 Å². The Morgan fingerprint density at radius 3 is 2.76 bits per heavy atom. The van der Waals surface area contributed by atoms with Crippen molar-refractivity contribution in [3.05, 3.63) is 22.2 Å². The van der Waals surface area contributed by atoms with Gasteiger partial charge in [0.25, 0.3) is 0 Å². The molecule has 1 aliphatic carbocycles. The molecular weight excluding hydrogens is 336 g/mol. The lowest BCUT2D eigenvalue weighted by Crippen LogP contribution is -2.36. The van der Waals surface area contributed by atoms with Gasteiger partial charge in [-0.2, -0.15) is 0 Å². The van der Waals surface area contributed by atoms with Crippen LogP contribution in [0.5, 0.6) is 11.5 Å². The van der Waals surface area contributed by atoms with E-state index in [0.717, 1.165) is 53.8 Å². The number of rotatable bonds is 4. The van der Waals surface area contributed by atoms with Crippen LogP contribution in [0.4, 0.5) is 0 Å². The van der Waals surface area contributed by atoms with Crippen LogP contribution in [0.2, 0.25) is 0 Å². The molecule has 0 radical (unpaired) electrons. The second kappa shape index (κ2) is 6.23. The molecule has 6 heteroatoms. The van der Waals surface area contributed by atoms with Crippen LogP contribution in [0.25, 0.3) is 0 Å². The molecule has 2 aliphatic rings. The topological polar surface area (TPSA) is 73.6 Å². The third-order valence-corrected chi connectivity index (χ3v) is 4.80. The van der Waals surface area contributed by atoms with E-state index in [1.807, 2.05) is 6.07 Å². The number of halogens is 1. The fourth-order valence-corrected chi connectivity index (χ4v) is 3.57. The fraction of sp³-hybridized carbons (Fsp3) is 0.533. The van der Waals surface area contributed by atoms with Crippen molar-refractivity contribution < 1.29 is 14.3 Å². The molecule has 1 aromatic carbocycles. The number of nitrogens with two attached hydrogens (primary N) is 1. The Bertz CT molecular complexity index is 542. The largest absolute Gasteiger partial charge is 0.454 e. The van der Waals surface area contributed by atoms with E-state index in [-0.39, 0.29) is 18.6 Å². The van der Waals surface area contributed by atoms with Gasteiger partial charge in [-0.1, -0.05) is 0 Å². The minimum absolute atomic E-state index is 0.0581. The Kier molecular flexibility index (Phi) is 4.35. The smallest absolute Gasteiger partial charge is 0.231 e. The normalized spacial score (nSPS) is 24.0. The minimum atomic E-state index is -0.159. The van der Waals surface area contributed by atoms with Gasteiger partial charge in [-0.05, 0) is 59.3 Å². The van der Waals surface area contributed by atoms with Gasteiger partial charge in [-0.3, -0.25) is 4.79 Å². The number of carbonyl (C=O) groups is 1. The molecule has 0 aromatic heterocycles. The van der Waals surface area contributed by atoms with Crippen molar-refractivity contribution in [2.75, 3.05) is 6.79 Å². The first-order valence-electron chi connectivity index (χ1n) is 7.24. The second-order valence-electron chi connectivity index (χ2n) is 5.64. The summed E-state index contributed by atoms with van der Waals surface area (Å²) in [6.45, 7) is 1.06. The summed E-state index contributed by atoms with van der Waals surface area (Å²) in [7, 11) is 0. The van der Waals surface area contributed by atoms with Crippen LogP contribution in [0.1, 0.15) is 31.2 Å². The molecule has 1 saturated carbocycles. The van der Waals surface area contributed by atoms with Gasteiger partial charge in [0.1, 0.15) is 0 Å². The van der Waals surface area contributed by atoms with Gasteiger partial charge in [0.2, 0.25) is 12.7 Å². The number of hydrogen-bond acceptors (Lipinski definition) is 4. The van der Waals surface area contributed by atoms with Crippen LogP contribution in [0.15, 0.2) is 16.6 Å². The quantitative estimate of drug-likeness (QED) is 0.869. The maximum absolute atomic E-state index is 11.2. The van der Waals surface area contributed by atoms with Crippen LogP contribution in [0.3, 0.4) is 0 Å². The Morgan fingerprint density at radius 2 is 2.05 bits per heavy atom. The van der Waals surface area contributed by atoms with Crippen molar-refractivity contribution in [2.24, 2.45) is 11.7 Å². The van der Waals surface area contributed by atoms with Crippen molar-refractivity contribution in [2.45, 2.75) is 38.3 Å². The predicted molar refractivity (Wildman–Crippen MR) is 82.0 cm³/mol. The van der Waals surface area contributed by atoms with E-state index in [0.29, 0.717) is 6.04 Å². The lowest BCUT2D eigenvalue weighted by molar-refractivity contribution is -0.122. The number of hydrogen-bond donors (Lipinski definition) is 2. The Morgan fingerprint density at radius 1 is 1.29 bits per heavy atom. The molecule has 3 rings (SSSR count). The number of primary amides is 1. The molecule has 0 atom stereocenters. The van der Waals surface area contributed by atoms with E-state index in [9.17, 15) is 4.79 Å². The first kappa shape index (κ1) is 14.7. The summed E-state index contributed by atoms with van der Waals surface area (Å²) in [4.78, 5) is 11.2. The molecule has 0 unspecified atom stereocenters. The fourth-order valence-electron chi connectivity index (χ4n) is 2.97. The summed E-state index contributed by atoms with van der Waals surface area (Å²) in [6, 6.07) is 4.51. The zero-order chi connectivity index (χ0) is 14.8. The van der Waals surface area contributed by atoms with Crippen LogP contribution in [0, 0.1) is 5.92 Å². The van der Waals surface area contributed by atoms with Gasteiger partial charge in [0.15, 0.2) is 11.5 Å². The lowest BCUT2D eigenvalue weighted by atomic mass is 9.85. The number of benzene rings is 1. The summed E-state index contributed by atoms with van der Waals surface area (Å²) in [6.07, 6.45) is 3.77. The average Bonchev–Trinajstić information content (AvgIpc) is 2.94. The predicted octanol–water partition coefficient (Wildman–Crippen LogP) is 2.31. The summed E-state index contributed by atoms with van der Waals surface area (Å²) < 4.78 is 11.7. The first-order valence-corrected chi connectivity index (χ1v) is 8.03. The molecule has 114 valence electrons. The molecule has 21 heavy (non-hydrogen) atoms. The number of carbonyl (C=O) groups excluding carboxylic acids is 1. The molecule has 5 nitrogen and oxygen atoms in total. The van der Waals surface area contributed by atoms with Crippen LogP contribution in [-0.2, 0) is 11.3 Å². The zero-order valence-corrected chi connectivity index (χ0v) is 13.3. The number of nitrogens with one attached hydrogen (secondary N) is 1. The minimum Gasteiger partial charge on any atom is -0.454 e. The number of ether oxygens (including phenoxy) is 2. The van der Waals surface area contributed by atoms with Crippen molar-refractivity contribution >= 4 is 21.8 Å². The summed E-state index contributed by atoms with van der Waals surface area (Å²) in [5.41, 5.74) is 6.51. The first-order chi connectivity index (χ1) is 10.1. The SMILES string of the molecule is NC(=O)C1CCC(NCc2cc(Br)c3c(c2)OCO3)CC1.